The van der Waals surface area contributed by atoms with E-state index in [2.05, 4.69) is 9.69 Å². The third-order valence-electron chi connectivity index (χ3n) is 4.69. The van der Waals surface area contributed by atoms with E-state index in [1.807, 2.05) is 6.07 Å². The molecule has 0 aliphatic carbocycles. The van der Waals surface area contributed by atoms with E-state index >= 15 is 0 Å². The number of fused-ring (bicyclic) bond motifs is 3. The fourth-order valence-corrected chi connectivity index (χ4v) is 4.53. The minimum Gasteiger partial charge on any atom is -0.478 e. The van der Waals surface area contributed by atoms with E-state index in [-0.39, 0.29) is 5.82 Å². The van der Waals surface area contributed by atoms with Crippen molar-refractivity contribution in [2.24, 2.45) is 0 Å². The molecule has 2 saturated heterocycles. The molecule has 2 bridgehead atoms. The summed E-state index contributed by atoms with van der Waals surface area (Å²) in [7, 11) is 0. The zero-order valence-corrected chi connectivity index (χ0v) is 14.7. The summed E-state index contributed by atoms with van der Waals surface area (Å²) in [4.78, 5) is 19.1. The molecule has 0 saturated carbocycles. The van der Waals surface area contributed by atoms with E-state index in [1.54, 1.807) is 12.1 Å². The predicted octanol–water partition coefficient (Wildman–Crippen LogP) is 3.15. The SMILES string of the molecule is Fc1ccc2c(C3CC4CCC(C3)N4)nsc2c1.O=C(O)C=CC(=O)O. The molecule has 0 radical (unpaired) electrons. The van der Waals surface area contributed by atoms with Gasteiger partial charge in [-0.1, -0.05) is 0 Å². The minimum atomic E-state index is -1.26. The largest absolute Gasteiger partial charge is 0.478 e. The summed E-state index contributed by atoms with van der Waals surface area (Å²) in [5.74, 6) is -2.12. The maximum atomic E-state index is 13.2. The second-order valence-electron chi connectivity index (χ2n) is 6.52. The molecule has 3 heterocycles. The number of rotatable bonds is 3. The van der Waals surface area contributed by atoms with Gasteiger partial charge in [0.05, 0.1) is 10.4 Å². The lowest BCUT2D eigenvalue weighted by molar-refractivity contribution is -0.134. The minimum absolute atomic E-state index is 0.164. The summed E-state index contributed by atoms with van der Waals surface area (Å²) in [6, 6.07) is 6.40. The second-order valence-corrected chi connectivity index (χ2v) is 7.33. The van der Waals surface area contributed by atoms with Crippen LogP contribution < -0.4 is 5.32 Å². The first-order valence-electron chi connectivity index (χ1n) is 8.37. The lowest BCUT2D eigenvalue weighted by Crippen LogP contribution is -2.37. The van der Waals surface area contributed by atoms with E-state index in [4.69, 9.17) is 10.2 Å². The summed E-state index contributed by atoms with van der Waals surface area (Å²) in [6.45, 7) is 0. The maximum absolute atomic E-state index is 13.2. The number of aliphatic carboxylic acids is 2. The van der Waals surface area contributed by atoms with Gasteiger partial charge in [0.15, 0.2) is 0 Å². The number of nitrogens with one attached hydrogen (secondary N) is 1. The highest BCUT2D eigenvalue weighted by Gasteiger charge is 2.35. The first-order valence-corrected chi connectivity index (χ1v) is 9.14. The molecule has 2 aliphatic heterocycles. The van der Waals surface area contributed by atoms with Gasteiger partial charge in [0.1, 0.15) is 5.82 Å². The van der Waals surface area contributed by atoms with Crippen molar-refractivity contribution in [2.75, 3.05) is 0 Å². The van der Waals surface area contributed by atoms with Crippen molar-refractivity contribution in [1.82, 2.24) is 9.69 Å². The molecule has 2 fully saturated rings. The average molecular weight is 378 g/mol. The summed E-state index contributed by atoms with van der Waals surface area (Å²) >= 11 is 1.43. The Bertz CT molecular complexity index is 823. The maximum Gasteiger partial charge on any atom is 0.328 e. The molecule has 138 valence electrons. The Hall–Kier alpha value is -2.32. The smallest absolute Gasteiger partial charge is 0.328 e. The van der Waals surface area contributed by atoms with Crippen LogP contribution in [0, 0.1) is 5.82 Å². The van der Waals surface area contributed by atoms with Crippen molar-refractivity contribution in [2.45, 2.75) is 43.7 Å². The molecule has 26 heavy (non-hydrogen) atoms. The van der Waals surface area contributed by atoms with E-state index in [1.165, 1.54) is 42.9 Å². The Labute approximate surface area is 153 Å². The van der Waals surface area contributed by atoms with Gasteiger partial charge >= 0.3 is 11.9 Å². The quantitative estimate of drug-likeness (QED) is 0.710. The van der Waals surface area contributed by atoms with Crippen LogP contribution in [-0.2, 0) is 9.59 Å². The van der Waals surface area contributed by atoms with Gasteiger partial charge in [-0.05, 0) is 55.4 Å². The van der Waals surface area contributed by atoms with Gasteiger partial charge in [-0.15, -0.1) is 0 Å². The van der Waals surface area contributed by atoms with E-state index in [0.717, 1.165) is 10.1 Å². The van der Waals surface area contributed by atoms with Crippen LogP contribution in [-0.4, -0.2) is 38.6 Å². The Kier molecular flexibility index (Phi) is 5.63. The van der Waals surface area contributed by atoms with Gasteiger partial charge in [0, 0.05) is 35.5 Å². The Morgan fingerprint density at radius 1 is 1.15 bits per heavy atom. The van der Waals surface area contributed by atoms with Gasteiger partial charge in [0.2, 0.25) is 0 Å². The summed E-state index contributed by atoms with van der Waals surface area (Å²) in [5, 5.41) is 20.4. The number of nitrogens with zero attached hydrogens (tertiary/aromatic N) is 1. The average Bonchev–Trinajstić information content (AvgIpc) is 3.16. The van der Waals surface area contributed by atoms with Crippen LogP contribution in [0.15, 0.2) is 30.4 Å². The molecule has 4 rings (SSSR count). The Morgan fingerprint density at radius 3 is 2.35 bits per heavy atom. The second kappa shape index (κ2) is 7.92. The first kappa shape index (κ1) is 18.5. The van der Waals surface area contributed by atoms with Crippen LogP contribution >= 0.6 is 11.5 Å². The molecule has 2 aromatic rings. The van der Waals surface area contributed by atoms with Crippen molar-refractivity contribution in [3.05, 3.63) is 41.9 Å². The van der Waals surface area contributed by atoms with Gasteiger partial charge in [-0.25, -0.2) is 14.0 Å². The molecular formula is C18H19FN2O4S. The zero-order chi connectivity index (χ0) is 18.7. The lowest BCUT2D eigenvalue weighted by Gasteiger charge is -2.28. The molecular weight excluding hydrogens is 359 g/mol. The highest BCUT2D eigenvalue weighted by Crippen LogP contribution is 2.40. The van der Waals surface area contributed by atoms with Crippen molar-refractivity contribution < 1.29 is 24.2 Å². The first-order chi connectivity index (χ1) is 12.4. The monoisotopic (exact) mass is 378 g/mol. The van der Waals surface area contributed by atoms with E-state index in [9.17, 15) is 14.0 Å². The fraction of sp³-hybridized carbons (Fsp3) is 0.389. The molecule has 1 aromatic heterocycles. The van der Waals surface area contributed by atoms with Gasteiger partial charge in [-0.3, -0.25) is 0 Å². The number of carboxylic acids is 2. The van der Waals surface area contributed by atoms with Crippen LogP contribution in [0.5, 0.6) is 0 Å². The van der Waals surface area contributed by atoms with Crippen molar-refractivity contribution in [3.63, 3.8) is 0 Å². The van der Waals surface area contributed by atoms with Crippen LogP contribution in [0.4, 0.5) is 4.39 Å². The number of aromatic nitrogens is 1. The molecule has 8 heteroatoms. The number of benzene rings is 1. The van der Waals surface area contributed by atoms with Gasteiger partial charge in [-0.2, -0.15) is 4.37 Å². The van der Waals surface area contributed by atoms with E-state index < -0.39 is 11.9 Å². The van der Waals surface area contributed by atoms with Crippen molar-refractivity contribution in [3.8, 4) is 0 Å². The van der Waals surface area contributed by atoms with Crippen LogP contribution in [0.25, 0.3) is 10.1 Å². The molecule has 2 unspecified atom stereocenters. The number of carbonyl (C=O) groups is 2. The fourth-order valence-electron chi connectivity index (χ4n) is 3.65. The summed E-state index contributed by atoms with van der Waals surface area (Å²) in [5.41, 5.74) is 1.20. The third kappa shape index (κ3) is 4.44. The Balaban J connectivity index is 0.000000211. The summed E-state index contributed by atoms with van der Waals surface area (Å²) in [6.07, 6.45) is 6.10. The molecule has 6 nitrogen and oxygen atoms in total. The van der Waals surface area contributed by atoms with E-state index in [0.29, 0.717) is 30.2 Å². The van der Waals surface area contributed by atoms with Crippen molar-refractivity contribution in [1.29, 1.82) is 0 Å². The topological polar surface area (TPSA) is 99.5 Å². The molecule has 1 aromatic carbocycles. The lowest BCUT2D eigenvalue weighted by atomic mass is 9.88. The third-order valence-corrected chi connectivity index (χ3v) is 5.51. The summed E-state index contributed by atoms with van der Waals surface area (Å²) < 4.78 is 18.8. The molecule has 2 atom stereocenters. The number of piperidine rings is 1. The molecule has 2 aliphatic rings. The predicted molar refractivity (Wildman–Crippen MR) is 95.9 cm³/mol. The van der Waals surface area contributed by atoms with Crippen LogP contribution in [0.2, 0.25) is 0 Å². The molecule has 0 spiro atoms. The van der Waals surface area contributed by atoms with Crippen molar-refractivity contribution >= 4 is 33.6 Å². The highest BCUT2D eigenvalue weighted by atomic mass is 32.1. The highest BCUT2D eigenvalue weighted by molar-refractivity contribution is 7.13. The normalized spacial score (nSPS) is 24.4. The van der Waals surface area contributed by atoms with Crippen LogP contribution in [0.3, 0.4) is 0 Å². The molecule has 3 N–H and O–H groups in total. The van der Waals surface area contributed by atoms with Gasteiger partial charge in [0.25, 0.3) is 0 Å². The number of hydrogen-bond acceptors (Lipinski definition) is 5. The zero-order valence-electron chi connectivity index (χ0n) is 13.9. The number of hydrogen-bond donors (Lipinski definition) is 3. The van der Waals surface area contributed by atoms with Gasteiger partial charge < -0.3 is 15.5 Å². The Morgan fingerprint density at radius 2 is 1.77 bits per heavy atom. The standard InChI is InChI=1S/C14H15FN2S.C4H4O4/c15-9-1-4-12-13(7-9)18-17-14(12)8-5-10-2-3-11(6-8)16-10;5-3(6)1-2-4(7)8/h1,4,7-8,10-11,16H,2-3,5-6H2;1-2H,(H,5,6)(H,7,8). The van der Waals surface area contributed by atoms with Crippen LogP contribution in [0.1, 0.15) is 37.3 Å². The molecule has 0 amide bonds. The number of halogens is 1. The number of carboxylic acid groups (broad SMARTS) is 2.